The van der Waals surface area contributed by atoms with E-state index in [1.165, 1.54) is 11.3 Å². The van der Waals surface area contributed by atoms with Gasteiger partial charge in [0.15, 0.2) is 11.5 Å². The summed E-state index contributed by atoms with van der Waals surface area (Å²) < 4.78 is 11.9. The second-order valence-corrected chi connectivity index (χ2v) is 10.2. The molecule has 0 saturated carbocycles. The van der Waals surface area contributed by atoms with E-state index in [0.29, 0.717) is 41.8 Å². The first-order chi connectivity index (χ1) is 19.0. The maximum Gasteiger partial charge on any atom is 0.266 e. The number of aryl methyl sites for hydroxylation is 1. The number of thiophene rings is 1. The highest BCUT2D eigenvalue weighted by Gasteiger charge is 2.20. The predicted octanol–water partition coefficient (Wildman–Crippen LogP) is 4.56. The molecule has 0 aliphatic carbocycles. The Kier molecular flexibility index (Phi) is 8.24. The van der Waals surface area contributed by atoms with Crippen LogP contribution >= 0.6 is 11.3 Å². The van der Waals surface area contributed by atoms with Gasteiger partial charge < -0.3 is 20.1 Å². The number of anilines is 1. The van der Waals surface area contributed by atoms with Gasteiger partial charge in [0.25, 0.3) is 5.91 Å². The zero-order valence-corrected chi connectivity index (χ0v) is 22.8. The Bertz CT molecular complexity index is 1510. The van der Waals surface area contributed by atoms with Crippen LogP contribution in [0.4, 0.5) is 5.69 Å². The molecule has 3 heterocycles. The number of fused-ring (bicyclic) bond motifs is 1. The zero-order valence-electron chi connectivity index (χ0n) is 22.0. The number of carbonyl (C=O) groups is 2. The minimum absolute atomic E-state index is 0.0525. The van der Waals surface area contributed by atoms with Crippen LogP contribution in [-0.4, -0.2) is 66.8 Å². The molecule has 1 aliphatic heterocycles. The van der Waals surface area contributed by atoms with Gasteiger partial charge in [-0.05, 0) is 54.6 Å². The van der Waals surface area contributed by atoms with Crippen molar-refractivity contribution < 1.29 is 19.1 Å². The summed E-state index contributed by atoms with van der Waals surface area (Å²) in [5, 5.41) is 16.3. The van der Waals surface area contributed by atoms with Crippen LogP contribution in [-0.2, 0) is 4.79 Å². The molecule has 2 aromatic carbocycles. The molecular weight excluding hydrogens is 514 g/mol. The van der Waals surface area contributed by atoms with Crippen LogP contribution in [0.5, 0.6) is 11.5 Å². The van der Waals surface area contributed by atoms with Crippen molar-refractivity contribution >= 4 is 51.9 Å². The van der Waals surface area contributed by atoms with Crippen LogP contribution in [0.3, 0.4) is 0 Å². The van der Waals surface area contributed by atoms with Crippen LogP contribution in [0.2, 0.25) is 0 Å². The molecule has 0 bridgehead atoms. The molecule has 9 nitrogen and oxygen atoms in total. The molecule has 39 heavy (non-hydrogen) atoms. The van der Waals surface area contributed by atoms with Crippen molar-refractivity contribution in [1.82, 2.24) is 20.4 Å². The zero-order chi connectivity index (χ0) is 27.2. The second-order valence-electron chi connectivity index (χ2n) is 9.26. The van der Waals surface area contributed by atoms with Gasteiger partial charge in [0.1, 0.15) is 0 Å². The molecule has 0 spiro atoms. The van der Waals surface area contributed by atoms with Crippen molar-refractivity contribution in [3.8, 4) is 11.5 Å². The number of piperazine rings is 1. The molecule has 4 aromatic rings. The van der Waals surface area contributed by atoms with Gasteiger partial charge in [-0.3, -0.25) is 19.6 Å². The summed E-state index contributed by atoms with van der Waals surface area (Å²) in [7, 11) is 1.56. The normalized spacial score (nSPS) is 14.1. The standard InChI is InChI=1S/C29H31N5O4S/c1-19-12-17-39-28(19)29(36)31-26-20(8-10-23-21-6-3-4-7-22(21)32-33-23)9-11-24(27(26)37-2)38-16-5-14-34-15-13-30-25(35)18-34/h3-4,6-12,17H,5,13-16,18H2,1-2H3,(H,30,35)(H,31,36)(H,32,33)/b10-8+. The number of ether oxygens (including phenoxy) is 2. The van der Waals surface area contributed by atoms with Crippen LogP contribution in [0.15, 0.2) is 47.8 Å². The highest BCUT2D eigenvalue weighted by atomic mass is 32.1. The number of hydrogen-bond donors (Lipinski definition) is 3. The summed E-state index contributed by atoms with van der Waals surface area (Å²) in [5.74, 6) is 0.830. The van der Waals surface area contributed by atoms with Crippen molar-refractivity contribution in [1.29, 1.82) is 0 Å². The Hall–Kier alpha value is -4.15. The van der Waals surface area contributed by atoms with Crippen LogP contribution in [0, 0.1) is 6.92 Å². The highest BCUT2D eigenvalue weighted by molar-refractivity contribution is 7.12. The average molecular weight is 546 g/mol. The van der Waals surface area contributed by atoms with Gasteiger partial charge in [-0.2, -0.15) is 5.10 Å². The first kappa shape index (κ1) is 26.5. The lowest BCUT2D eigenvalue weighted by atomic mass is 10.1. The quantitative estimate of drug-likeness (QED) is 0.252. The SMILES string of the molecule is COc1c(OCCCN2CCNC(=O)C2)ccc(/C=C/c2n[nH]c3ccccc23)c1NC(=O)c1sccc1C. The van der Waals surface area contributed by atoms with Crippen molar-refractivity contribution in [3.63, 3.8) is 0 Å². The van der Waals surface area contributed by atoms with Gasteiger partial charge in [-0.25, -0.2) is 0 Å². The van der Waals surface area contributed by atoms with Crippen LogP contribution in [0.25, 0.3) is 23.1 Å². The van der Waals surface area contributed by atoms with E-state index in [1.807, 2.05) is 66.9 Å². The van der Waals surface area contributed by atoms with E-state index in [4.69, 9.17) is 9.47 Å². The molecule has 2 amide bonds. The molecule has 1 aliphatic rings. The summed E-state index contributed by atoms with van der Waals surface area (Å²) in [6.07, 6.45) is 4.57. The van der Waals surface area contributed by atoms with Gasteiger partial charge in [0, 0.05) is 30.6 Å². The first-order valence-corrected chi connectivity index (χ1v) is 13.7. The number of nitrogens with one attached hydrogen (secondary N) is 3. The molecule has 0 atom stereocenters. The molecule has 0 radical (unpaired) electrons. The average Bonchev–Trinajstić information content (AvgIpc) is 3.56. The van der Waals surface area contributed by atoms with Crippen molar-refractivity contribution in [2.24, 2.45) is 0 Å². The number of aromatic amines is 1. The van der Waals surface area contributed by atoms with E-state index in [2.05, 4.69) is 25.7 Å². The number of H-pyrrole nitrogens is 1. The first-order valence-electron chi connectivity index (χ1n) is 12.8. The van der Waals surface area contributed by atoms with Crippen LogP contribution < -0.4 is 20.1 Å². The number of carbonyl (C=O) groups excluding carboxylic acids is 2. The Morgan fingerprint density at radius 1 is 1.21 bits per heavy atom. The molecule has 0 unspecified atom stereocenters. The molecule has 202 valence electrons. The Morgan fingerprint density at radius 3 is 2.87 bits per heavy atom. The fraction of sp³-hybridized carbons (Fsp3) is 0.276. The highest BCUT2D eigenvalue weighted by Crippen LogP contribution is 2.40. The van der Waals surface area contributed by atoms with E-state index in [0.717, 1.165) is 47.2 Å². The molecule has 5 rings (SSSR count). The molecule has 3 N–H and O–H groups in total. The third kappa shape index (κ3) is 6.13. The van der Waals surface area contributed by atoms with Gasteiger partial charge in [-0.1, -0.05) is 24.3 Å². The number of amides is 2. The summed E-state index contributed by atoms with van der Waals surface area (Å²) in [5.41, 5.74) is 3.94. The van der Waals surface area contributed by atoms with E-state index in [1.54, 1.807) is 7.11 Å². The maximum absolute atomic E-state index is 13.2. The smallest absolute Gasteiger partial charge is 0.266 e. The van der Waals surface area contributed by atoms with E-state index in [-0.39, 0.29) is 11.8 Å². The van der Waals surface area contributed by atoms with Gasteiger partial charge in [0.05, 0.1) is 42.0 Å². The molecule has 10 heteroatoms. The van der Waals surface area contributed by atoms with E-state index in [9.17, 15) is 9.59 Å². The lowest BCUT2D eigenvalue weighted by Gasteiger charge is -2.26. The lowest BCUT2D eigenvalue weighted by molar-refractivity contribution is -0.124. The summed E-state index contributed by atoms with van der Waals surface area (Å²) in [6.45, 7) is 5.03. The fourth-order valence-corrected chi connectivity index (χ4v) is 5.39. The minimum Gasteiger partial charge on any atom is -0.491 e. The molecule has 1 fully saturated rings. The van der Waals surface area contributed by atoms with Crippen molar-refractivity contribution in [3.05, 3.63) is 69.5 Å². The third-order valence-electron chi connectivity index (χ3n) is 6.58. The monoisotopic (exact) mass is 545 g/mol. The largest absolute Gasteiger partial charge is 0.491 e. The third-order valence-corrected chi connectivity index (χ3v) is 7.59. The van der Waals surface area contributed by atoms with Gasteiger partial charge in [0.2, 0.25) is 5.91 Å². The lowest BCUT2D eigenvalue weighted by Crippen LogP contribution is -2.47. The van der Waals surface area contributed by atoms with Gasteiger partial charge in [-0.15, -0.1) is 11.3 Å². The predicted molar refractivity (Wildman–Crippen MR) is 155 cm³/mol. The van der Waals surface area contributed by atoms with Crippen LogP contribution in [0.1, 0.15) is 32.9 Å². The van der Waals surface area contributed by atoms with Crippen molar-refractivity contribution in [2.75, 3.05) is 45.2 Å². The van der Waals surface area contributed by atoms with E-state index >= 15 is 0 Å². The fourth-order valence-electron chi connectivity index (χ4n) is 4.57. The number of rotatable bonds is 10. The number of aromatic nitrogens is 2. The summed E-state index contributed by atoms with van der Waals surface area (Å²) in [4.78, 5) is 27.6. The number of nitrogens with zero attached hydrogens (tertiary/aromatic N) is 2. The topological polar surface area (TPSA) is 109 Å². The Balaban J connectivity index is 1.39. The minimum atomic E-state index is -0.207. The second kappa shape index (κ2) is 12.1. The van der Waals surface area contributed by atoms with E-state index < -0.39 is 0 Å². The number of benzene rings is 2. The summed E-state index contributed by atoms with van der Waals surface area (Å²) >= 11 is 1.39. The van der Waals surface area contributed by atoms with Gasteiger partial charge >= 0.3 is 0 Å². The number of para-hydroxylation sites is 1. The molecular formula is C29H31N5O4S. The van der Waals surface area contributed by atoms with Crippen molar-refractivity contribution in [2.45, 2.75) is 13.3 Å². The maximum atomic E-state index is 13.2. The molecule has 2 aromatic heterocycles. The number of hydrogen-bond acceptors (Lipinski definition) is 7. The molecule has 1 saturated heterocycles. The Labute approximate surface area is 230 Å². The number of methoxy groups -OCH3 is 1. The summed E-state index contributed by atoms with van der Waals surface area (Å²) in [6, 6.07) is 13.6. The Morgan fingerprint density at radius 2 is 2.08 bits per heavy atom.